The molecule has 0 unspecified atom stereocenters. The van der Waals surface area contributed by atoms with Crippen LogP contribution in [0.15, 0.2) is 12.1 Å². The van der Waals surface area contributed by atoms with E-state index < -0.39 is 0 Å². The van der Waals surface area contributed by atoms with E-state index in [-0.39, 0.29) is 5.54 Å². The molecule has 3 heteroatoms. The van der Waals surface area contributed by atoms with Crippen LogP contribution in [0.3, 0.4) is 0 Å². The average molecular weight is 236 g/mol. The first kappa shape index (κ1) is 13.8. The standard InChI is InChI=1S/C14H24N2O/c1-10-7-11(2)13(17-6)12(8-10)16(5)14(3,4)9-15/h7-8H,9,15H2,1-6H3. The second kappa shape index (κ2) is 4.96. The van der Waals surface area contributed by atoms with Gasteiger partial charge in [-0.15, -0.1) is 0 Å². The first-order valence-electron chi connectivity index (χ1n) is 5.92. The van der Waals surface area contributed by atoms with E-state index in [1.165, 1.54) is 5.56 Å². The molecule has 0 bridgehead atoms. The van der Waals surface area contributed by atoms with Gasteiger partial charge in [-0.05, 0) is 44.9 Å². The SMILES string of the molecule is COc1c(C)cc(C)cc1N(C)C(C)(C)CN. The molecule has 1 rings (SSSR count). The topological polar surface area (TPSA) is 38.5 Å². The van der Waals surface area contributed by atoms with Crippen LogP contribution in [0.5, 0.6) is 5.75 Å². The van der Waals surface area contributed by atoms with Gasteiger partial charge in [0.05, 0.1) is 12.8 Å². The van der Waals surface area contributed by atoms with Crippen LogP contribution in [0.4, 0.5) is 5.69 Å². The number of nitrogens with two attached hydrogens (primary N) is 1. The van der Waals surface area contributed by atoms with Crippen molar-refractivity contribution in [2.24, 2.45) is 5.73 Å². The molecule has 0 amide bonds. The Kier molecular flexibility index (Phi) is 4.04. The molecule has 3 nitrogen and oxygen atoms in total. The zero-order chi connectivity index (χ0) is 13.2. The van der Waals surface area contributed by atoms with Gasteiger partial charge in [0.25, 0.3) is 0 Å². The average Bonchev–Trinajstić information content (AvgIpc) is 2.27. The van der Waals surface area contributed by atoms with Gasteiger partial charge >= 0.3 is 0 Å². The third-order valence-electron chi connectivity index (χ3n) is 3.37. The van der Waals surface area contributed by atoms with Crippen LogP contribution < -0.4 is 15.4 Å². The molecule has 96 valence electrons. The first-order valence-corrected chi connectivity index (χ1v) is 5.92. The molecule has 0 aliphatic heterocycles. The third-order valence-corrected chi connectivity index (χ3v) is 3.37. The molecule has 1 aromatic carbocycles. The lowest BCUT2D eigenvalue weighted by molar-refractivity contribution is 0.405. The first-order chi connectivity index (χ1) is 7.83. The Labute approximate surface area is 105 Å². The van der Waals surface area contributed by atoms with Crippen molar-refractivity contribution >= 4 is 5.69 Å². The van der Waals surface area contributed by atoms with Crippen LogP contribution >= 0.6 is 0 Å². The molecule has 0 spiro atoms. The van der Waals surface area contributed by atoms with Crippen molar-refractivity contribution in [1.29, 1.82) is 0 Å². The van der Waals surface area contributed by atoms with Crippen molar-refractivity contribution in [3.8, 4) is 5.75 Å². The summed E-state index contributed by atoms with van der Waals surface area (Å²) >= 11 is 0. The van der Waals surface area contributed by atoms with Gasteiger partial charge in [-0.1, -0.05) is 6.07 Å². The zero-order valence-electron chi connectivity index (χ0n) is 11.8. The molecule has 0 saturated carbocycles. The van der Waals surface area contributed by atoms with Crippen LogP contribution in [-0.2, 0) is 0 Å². The van der Waals surface area contributed by atoms with Crippen molar-refractivity contribution < 1.29 is 4.74 Å². The number of rotatable bonds is 4. The number of benzene rings is 1. The van der Waals surface area contributed by atoms with Crippen LogP contribution in [-0.4, -0.2) is 26.2 Å². The molecule has 17 heavy (non-hydrogen) atoms. The number of likely N-dealkylation sites (N-methyl/N-ethyl adjacent to an activating group) is 1. The predicted molar refractivity (Wildman–Crippen MR) is 74.0 cm³/mol. The Morgan fingerprint density at radius 2 is 1.88 bits per heavy atom. The number of hydrogen-bond donors (Lipinski definition) is 1. The van der Waals surface area contributed by atoms with Gasteiger partial charge < -0.3 is 15.4 Å². The molecule has 0 heterocycles. The number of methoxy groups -OCH3 is 1. The van der Waals surface area contributed by atoms with Crippen LogP contribution in [0.25, 0.3) is 0 Å². The minimum atomic E-state index is -0.0898. The summed E-state index contributed by atoms with van der Waals surface area (Å²) in [6.07, 6.45) is 0. The van der Waals surface area contributed by atoms with Crippen molar-refractivity contribution in [2.75, 3.05) is 25.6 Å². The van der Waals surface area contributed by atoms with Gasteiger partial charge in [0.1, 0.15) is 5.75 Å². The summed E-state index contributed by atoms with van der Waals surface area (Å²) in [6.45, 7) is 9.02. The van der Waals surface area contributed by atoms with Crippen molar-refractivity contribution in [3.63, 3.8) is 0 Å². The Balaban J connectivity index is 3.30. The minimum absolute atomic E-state index is 0.0898. The van der Waals surface area contributed by atoms with E-state index >= 15 is 0 Å². The van der Waals surface area contributed by atoms with Crippen LogP contribution in [0.2, 0.25) is 0 Å². The summed E-state index contributed by atoms with van der Waals surface area (Å²) in [6, 6.07) is 4.27. The largest absolute Gasteiger partial charge is 0.494 e. The summed E-state index contributed by atoms with van der Waals surface area (Å²) in [4.78, 5) is 2.19. The van der Waals surface area contributed by atoms with Gasteiger partial charge in [-0.2, -0.15) is 0 Å². The Morgan fingerprint density at radius 3 is 2.35 bits per heavy atom. The summed E-state index contributed by atoms with van der Waals surface area (Å²) in [5, 5.41) is 0. The van der Waals surface area contributed by atoms with Crippen LogP contribution in [0, 0.1) is 13.8 Å². The lowest BCUT2D eigenvalue weighted by atomic mass is 10.0. The van der Waals surface area contributed by atoms with Crippen molar-refractivity contribution in [1.82, 2.24) is 0 Å². The molecule has 2 N–H and O–H groups in total. The molecule has 0 fully saturated rings. The fourth-order valence-electron chi connectivity index (χ4n) is 1.91. The second-order valence-electron chi connectivity index (χ2n) is 5.21. The van der Waals surface area contributed by atoms with Gasteiger partial charge in [-0.3, -0.25) is 0 Å². The number of anilines is 1. The molecule has 0 atom stereocenters. The highest BCUT2D eigenvalue weighted by molar-refractivity contribution is 5.64. The van der Waals surface area contributed by atoms with Gasteiger partial charge in [0, 0.05) is 19.1 Å². The molecule has 1 aromatic rings. The summed E-state index contributed by atoms with van der Waals surface area (Å²) in [5.41, 5.74) is 9.23. The summed E-state index contributed by atoms with van der Waals surface area (Å²) in [7, 11) is 3.77. The molecule has 0 aromatic heterocycles. The molecule has 0 aliphatic carbocycles. The monoisotopic (exact) mass is 236 g/mol. The van der Waals surface area contributed by atoms with E-state index in [1.807, 2.05) is 0 Å². The molecule has 0 aliphatic rings. The third kappa shape index (κ3) is 2.72. The quantitative estimate of drug-likeness (QED) is 0.873. The normalized spacial score (nSPS) is 11.5. The van der Waals surface area contributed by atoms with E-state index in [1.54, 1.807) is 7.11 Å². The van der Waals surface area contributed by atoms with E-state index in [0.29, 0.717) is 6.54 Å². The highest BCUT2D eigenvalue weighted by atomic mass is 16.5. The molecule has 0 radical (unpaired) electrons. The van der Waals surface area contributed by atoms with E-state index in [2.05, 4.69) is 51.8 Å². The lowest BCUT2D eigenvalue weighted by Gasteiger charge is -2.37. The van der Waals surface area contributed by atoms with E-state index in [0.717, 1.165) is 17.0 Å². The van der Waals surface area contributed by atoms with Crippen LogP contribution in [0.1, 0.15) is 25.0 Å². The fraction of sp³-hybridized carbons (Fsp3) is 0.571. The summed E-state index contributed by atoms with van der Waals surface area (Å²) in [5.74, 6) is 0.930. The predicted octanol–water partition coefficient (Wildman–Crippen LogP) is 2.49. The zero-order valence-corrected chi connectivity index (χ0v) is 11.8. The number of hydrogen-bond acceptors (Lipinski definition) is 3. The van der Waals surface area contributed by atoms with Crippen molar-refractivity contribution in [3.05, 3.63) is 23.3 Å². The molecular formula is C14H24N2O. The highest BCUT2D eigenvalue weighted by Crippen LogP contribution is 2.35. The lowest BCUT2D eigenvalue weighted by Crippen LogP contribution is -2.47. The Hall–Kier alpha value is -1.22. The van der Waals surface area contributed by atoms with E-state index in [9.17, 15) is 0 Å². The highest BCUT2D eigenvalue weighted by Gasteiger charge is 2.25. The molecule has 0 saturated heterocycles. The maximum absolute atomic E-state index is 5.83. The van der Waals surface area contributed by atoms with Crippen molar-refractivity contribution in [2.45, 2.75) is 33.2 Å². The molecular weight excluding hydrogens is 212 g/mol. The van der Waals surface area contributed by atoms with Gasteiger partial charge in [0.2, 0.25) is 0 Å². The number of ether oxygens (including phenoxy) is 1. The Morgan fingerprint density at radius 1 is 1.29 bits per heavy atom. The van der Waals surface area contributed by atoms with Gasteiger partial charge in [0.15, 0.2) is 0 Å². The maximum atomic E-state index is 5.83. The Bertz CT molecular complexity index is 399. The smallest absolute Gasteiger partial charge is 0.145 e. The maximum Gasteiger partial charge on any atom is 0.145 e. The fourth-order valence-corrected chi connectivity index (χ4v) is 1.91. The minimum Gasteiger partial charge on any atom is -0.494 e. The number of aryl methyl sites for hydroxylation is 2. The van der Waals surface area contributed by atoms with Gasteiger partial charge in [-0.25, -0.2) is 0 Å². The second-order valence-corrected chi connectivity index (χ2v) is 5.21. The van der Waals surface area contributed by atoms with E-state index in [4.69, 9.17) is 10.5 Å². The number of nitrogens with zero attached hydrogens (tertiary/aromatic N) is 1. The summed E-state index contributed by atoms with van der Waals surface area (Å²) < 4.78 is 5.51.